The van der Waals surface area contributed by atoms with Crippen molar-refractivity contribution in [1.82, 2.24) is 9.97 Å². The van der Waals surface area contributed by atoms with Gasteiger partial charge in [-0.1, -0.05) is 20.3 Å². The summed E-state index contributed by atoms with van der Waals surface area (Å²) in [5, 5.41) is 0. The van der Waals surface area contributed by atoms with Crippen molar-refractivity contribution < 1.29 is 0 Å². The van der Waals surface area contributed by atoms with E-state index >= 15 is 0 Å². The number of pyridine rings is 2. The molecule has 1 unspecified atom stereocenters. The van der Waals surface area contributed by atoms with Gasteiger partial charge in [0.05, 0.1) is 11.2 Å². The Morgan fingerprint density at radius 1 is 1.32 bits per heavy atom. The Morgan fingerprint density at radius 3 is 2.79 bits per heavy atom. The van der Waals surface area contributed by atoms with Gasteiger partial charge in [0.25, 0.3) is 0 Å². The zero-order valence-corrected chi connectivity index (χ0v) is 13.3. The lowest BCUT2D eigenvalue weighted by Crippen LogP contribution is -2.28. The van der Waals surface area contributed by atoms with Gasteiger partial charge in [0.1, 0.15) is 5.52 Å². The Labute approximate surface area is 123 Å². The second-order valence-corrected chi connectivity index (χ2v) is 5.82. The normalized spacial score (nSPS) is 12.6. The summed E-state index contributed by atoms with van der Waals surface area (Å²) in [6.07, 6.45) is 4.90. The van der Waals surface area contributed by atoms with E-state index in [2.05, 4.69) is 57.6 Å². The molecule has 2 aromatic rings. The number of anilines is 1. The summed E-state index contributed by atoms with van der Waals surface area (Å²) in [4.78, 5) is 11.3. The second-order valence-electron chi connectivity index (χ2n) is 4.90. The predicted molar refractivity (Wildman–Crippen MR) is 84.6 cm³/mol. The maximum absolute atomic E-state index is 4.53. The monoisotopic (exact) mass is 321 g/mol. The van der Waals surface area contributed by atoms with E-state index in [4.69, 9.17) is 0 Å². The third-order valence-electron chi connectivity index (χ3n) is 3.47. The Balaban J connectivity index is 2.42. The second kappa shape index (κ2) is 6.33. The van der Waals surface area contributed by atoms with Crippen LogP contribution in [0.3, 0.4) is 0 Å². The molecule has 19 heavy (non-hydrogen) atoms. The molecule has 0 aliphatic rings. The number of fused-ring (bicyclic) bond motifs is 1. The van der Waals surface area contributed by atoms with Gasteiger partial charge in [0.2, 0.25) is 0 Å². The Kier molecular flexibility index (Phi) is 4.75. The SMILES string of the molecule is CCC(C)CN(CC)c1ccnc2cc(Br)cnc12. The first-order valence-corrected chi connectivity index (χ1v) is 7.60. The minimum Gasteiger partial charge on any atom is -0.370 e. The molecule has 0 radical (unpaired) electrons. The number of aromatic nitrogens is 2. The van der Waals surface area contributed by atoms with Crippen molar-refractivity contribution in [1.29, 1.82) is 0 Å². The van der Waals surface area contributed by atoms with E-state index in [1.165, 1.54) is 12.1 Å². The number of halogens is 1. The molecule has 2 rings (SSSR count). The molecule has 102 valence electrons. The van der Waals surface area contributed by atoms with Crippen LogP contribution >= 0.6 is 15.9 Å². The molecule has 0 aromatic carbocycles. The quantitative estimate of drug-likeness (QED) is 0.823. The molecule has 0 fully saturated rings. The Morgan fingerprint density at radius 2 is 2.11 bits per heavy atom. The number of hydrogen-bond acceptors (Lipinski definition) is 3. The lowest BCUT2D eigenvalue weighted by atomic mass is 10.1. The molecule has 0 N–H and O–H groups in total. The zero-order valence-electron chi connectivity index (χ0n) is 11.7. The first kappa shape index (κ1) is 14.3. The van der Waals surface area contributed by atoms with Crippen molar-refractivity contribution in [2.75, 3.05) is 18.0 Å². The molecular formula is C15H20BrN3. The zero-order chi connectivity index (χ0) is 13.8. The molecule has 3 nitrogen and oxygen atoms in total. The van der Waals surface area contributed by atoms with Gasteiger partial charge >= 0.3 is 0 Å². The van der Waals surface area contributed by atoms with Crippen molar-refractivity contribution in [3.8, 4) is 0 Å². The van der Waals surface area contributed by atoms with Crippen LogP contribution in [0.5, 0.6) is 0 Å². The van der Waals surface area contributed by atoms with Crippen LogP contribution in [0.4, 0.5) is 5.69 Å². The minimum absolute atomic E-state index is 0.679. The van der Waals surface area contributed by atoms with Crippen molar-refractivity contribution >= 4 is 32.7 Å². The average molecular weight is 322 g/mol. The highest BCUT2D eigenvalue weighted by Gasteiger charge is 2.12. The fraction of sp³-hybridized carbons (Fsp3) is 0.467. The molecule has 0 aliphatic carbocycles. The molecule has 0 aliphatic heterocycles. The number of nitrogens with zero attached hydrogens (tertiary/aromatic N) is 3. The highest BCUT2D eigenvalue weighted by molar-refractivity contribution is 9.10. The molecule has 1 atom stereocenters. The van der Waals surface area contributed by atoms with E-state index in [0.717, 1.165) is 28.6 Å². The molecule has 4 heteroatoms. The van der Waals surface area contributed by atoms with Gasteiger partial charge in [-0.2, -0.15) is 0 Å². The smallest absolute Gasteiger partial charge is 0.112 e. The average Bonchev–Trinajstić information content (AvgIpc) is 2.43. The maximum atomic E-state index is 4.53. The van der Waals surface area contributed by atoms with E-state index in [1.807, 2.05) is 18.5 Å². The van der Waals surface area contributed by atoms with E-state index in [9.17, 15) is 0 Å². The summed E-state index contributed by atoms with van der Waals surface area (Å²) in [5.41, 5.74) is 3.10. The summed E-state index contributed by atoms with van der Waals surface area (Å²) < 4.78 is 0.967. The standard InChI is InChI=1S/C15H20BrN3/c1-4-11(3)10-19(5-2)14-6-7-17-13-8-12(16)9-18-15(13)14/h6-9,11H,4-5,10H2,1-3H3. The van der Waals surface area contributed by atoms with Crippen molar-refractivity contribution in [3.05, 3.63) is 29.0 Å². The predicted octanol–water partition coefficient (Wildman–Crippen LogP) is 4.26. The van der Waals surface area contributed by atoms with Gasteiger partial charge in [0, 0.05) is 30.0 Å². The molecule has 0 bridgehead atoms. The number of rotatable bonds is 5. The van der Waals surface area contributed by atoms with E-state index in [1.54, 1.807) is 0 Å². The molecule has 0 saturated heterocycles. The molecule has 0 amide bonds. The van der Waals surface area contributed by atoms with Gasteiger partial charge < -0.3 is 4.90 Å². The van der Waals surface area contributed by atoms with Crippen LogP contribution in [0.25, 0.3) is 11.0 Å². The van der Waals surface area contributed by atoms with E-state index < -0.39 is 0 Å². The minimum atomic E-state index is 0.679. The van der Waals surface area contributed by atoms with Crippen LogP contribution in [-0.2, 0) is 0 Å². The van der Waals surface area contributed by atoms with Crippen molar-refractivity contribution in [2.45, 2.75) is 27.2 Å². The molecule has 2 heterocycles. The maximum Gasteiger partial charge on any atom is 0.112 e. The van der Waals surface area contributed by atoms with Gasteiger partial charge in [-0.25, -0.2) is 0 Å². The summed E-state index contributed by atoms with van der Waals surface area (Å²) >= 11 is 3.45. The fourth-order valence-electron chi connectivity index (χ4n) is 2.15. The van der Waals surface area contributed by atoms with Crippen LogP contribution in [0, 0.1) is 5.92 Å². The molecule has 0 spiro atoms. The van der Waals surface area contributed by atoms with Crippen molar-refractivity contribution in [3.63, 3.8) is 0 Å². The molecular weight excluding hydrogens is 302 g/mol. The lowest BCUT2D eigenvalue weighted by Gasteiger charge is -2.26. The fourth-order valence-corrected chi connectivity index (χ4v) is 2.47. The highest BCUT2D eigenvalue weighted by Crippen LogP contribution is 2.26. The summed E-state index contributed by atoms with van der Waals surface area (Å²) in [6, 6.07) is 4.08. The Bertz CT molecular complexity index is 556. The van der Waals surface area contributed by atoms with Gasteiger partial charge in [-0.05, 0) is 40.9 Å². The first-order valence-electron chi connectivity index (χ1n) is 6.80. The van der Waals surface area contributed by atoms with Crippen LogP contribution in [0.15, 0.2) is 29.0 Å². The summed E-state index contributed by atoms with van der Waals surface area (Å²) in [5.74, 6) is 0.679. The third kappa shape index (κ3) is 3.24. The highest BCUT2D eigenvalue weighted by atomic mass is 79.9. The first-order chi connectivity index (χ1) is 9.15. The third-order valence-corrected chi connectivity index (χ3v) is 3.91. The van der Waals surface area contributed by atoms with Gasteiger partial charge in [-0.3, -0.25) is 9.97 Å². The lowest BCUT2D eigenvalue weighted by molar-refractivity contribution is 0.548. The van der Waals surface area contributed by atoms with Crippen LogP contribution in [0.2, 0.25) is 0 Å². The Hall–Kier alpha value is -1.16. The summed E-state index contributed by atoms with van der Waals surface area (Å²) in [6.45, 7) is 8.76. The molecule has 0 saturated carbocycles. The van der Waals surface area contributed by atoms with Crippen LogP contribution < -0.4 is 4.90 Å². The molecule has 2 aromatic heterocycles. The van der Waals surface area contributed by atoms with Crippen LogP contribution in [0.1, 0.15) is 27.2 Å². The largest absolute Gasteiger partial charge is 0.370 e. The summed E-state index contributed by atoms with van der Waals surface area (Å²) in [7, 11) is 0. The van der Waals surface area contributed by atoms with Crippen molar-refractivity contribution in [2.24, 2.45) is 5.92 Å². The number of hydrogen-bond donors (Lipinski definition) is 0. The topological polar surface area (TPSA) is 29.0 Å². The van der Waals surface area contributed by atoms with Gasteiger partial charge in [-0.15, -0.1) is 0 Å². The van der Waals surface area contributed by atoms with Gasteiger partial charge in [0.15, 0.2) is 0 Å². The van der Waals surface area contributed by atoms with Crippen LogP contribution in [-0.4, -0.2) is 23.1 Å². The van der Waals surface area contributed by atoms with E-state index in [-0.39, 0.29) is 0 Å². The van der Waals surface area contributed by atoms with E-state index in [0.29, 0.717) is 5.92 Å².